The van der Waals surface area contributed by atoms with E-state index in [1.807, 2.05) is 0 Å². The molecule has 1 unspecified atom stereocenters. The summed E-state index contributed by atoms with van der Waals surface area (Å²) in [5, 5.41) is 0. The maximum absolute atomic E-state index is 12.8. The molecule has 0 N–H and O–H groups in total. The standard InChI is InChI=1S/C11H9F3O3S/c1-6(15)7-5-18(16,17)9-4-2-3-8(10(7)9)11(12,13)14/h2-4,7H,5H2,1H3. The number of Topliss-reactive ketones (excluding diaryl/α,β-unsaturated/α-hetero) is 1. The number of rotatable bonds is 1. The van der Waals surface area contributed by atoms with E-state index >= 15 is 0 Å². The van der Waals surface area contributed by atoms with E-state index in [-0.39, 0.29) is 4.90 Å². The van der Waals surface area contributed by atoms with Crippen molar-refractivity contribution < 1.29 is 26.4 Å². The highest BCUT2D eigenvalue weighted by Crippen LogP contribution is 2.43. The van der Waals surface area contributed by atoms with Crippen LogP contribution >= 0.6 is 0 Å². The summed E-state index contributed by atoms with van der Waals surface area (Å²) >= 11 is 0. The van der Waals surface area contributed by atoms with Gasteiger partial charge in [0.25, 0.3) is 0 Å². The lowest BCUT2D eigenvalue weighted by atomic mass is 9.93. The molecule has 0 aliphatic carbocycles. The van der Waals surface area contributed by atoms with E-state index in [4.69, 9.17) is 0 Å². The van der Waals surface area contributed by atoms with Crippen LogP contribution in [0.5, 0.6) is 0 Å². The first-order chi connectivity index (χ1) is 8.14. The molecule has 0 radical (unpaired) electrons. The molecule has 1 atom stereocenters. The first-order valence-electron chi connectivity index (χ1n) is 5.08. The van der Waals surface area contributed by atoms with E-state index in [9.17, 15) is 26.4 Å². The summed E-state index contributed by atoms with van der Waals surface area (Å²) in [6.07, 6.45) is -4.67. The van der Waals surface area contributed by atoms with Crippen LogP contribution in [0.25, 0.3) is 0 Å². The van der Waals surface area contributed by atoms with E-state index in [1.54, 1.807) is 0 Å². The van der Waals surface area contributed by atoms with E-state index in [1.165, 1.54) is 0 Å². The fourth-order valence-electron chi connectivity index (χ4n) is 2.13. The van der Waals surface area contributed by atoms with Crippen molar-refractivity contribution in [1.29, 1.82) is 0 Å². The van der Waals surface area contributed by atoms with E-state index in [0.717, 1.165) is 25.1 Å². The predicted octanol–water partition coefficient (Wildman–Crippen LogP) is 2.17. The lowest BCUT2D eigenvalue weighted by molar-refractivity contribution is -0.138. The Morgan fingerprint density at radius 1 is 1.33 bits per heavy atom. The molecule has 1 aliphatic heterocycles. The van der Waals surface area contributed by atoms with Gasteiger partial charge in [0.05, 0.1) is 22.1 Å². The molecule has 1 aromatic rings. The zero-order chi connectivity index (χ0) is 13.7. The van der Waals surface area contributed by atoms with Gasteiger partial charge in [-0.15, -0.1) is 0 Å². The third kappa shape index (κ3) is 1.92. The monoisotopic (exact) mass is 278 g/mol. The Balaban J connectivity index is 2.79. The van der Waals surface area contributed by atoms with Gasteiger partial charge in [-0.1, -0.05) is 6.07 Å². The van der Waals surface area contributed by atoms with Gasteiger partial charge in [-0.25, -0.2) is 8.42 Å². The summed E-state index contributed by atoms with van der Waals surface area (Å²) in [6.45, 7) is 1.10. The molecule has 2 rings (SSSR count). The van der Waals surface area contributed by atoms with Crippen molar-refractivity contribution in [1.82, 2.24) is 0 Å². The number of hydrogen-bond donors (Lipinski definition) is 0. The van der Waals surface area contributed by atoms with Crippen LogP contribution in [0.1, 0.15) is 24.0 Å². The Kier molecular flexibility index (Phi) is 2.77. The molecule has 0 amide bonds. The molecule has 0 bridgehead atoms. The molecule has 1 aromatic carbocycles. The Morgan fingerprint density at radius 3 is 2.44 bits per heavy atom. The van der Waals surface area contributed by atoms with Crippen molar-refractivity contribution in [3.05, 3.63) is 29.3 Å². The van der Waals surface area contributed by atoms with Gasteiger partial charge in [-0.3, -0.25) is 4.79 Å². The average molecular weight is 278 g/mol. The van der Waals surface area contributed by atoms with Crippen molar-refractivity contribution in [3.8, 4) is 0 Å². The third-order valence-electron chi connectivity index (χ3n) is 2.93. The summed E-state index contributed by atoms with van der Waals surface area (Å²) in [5.74, 6) is -2.37. The molecule has 7 heteroatoms. The highest BCUT2D eigenvalue weighted by molar-refractivity contribution is 7.91. The summed E-state index contributed by atoms with van der Waals surface area (Å²) in [7, 11) is -3.80. The number of carbonyl (C=O) groups excluding carboxylic acids is 1. The predicted molar refractivity (Wildman–Crippen MR) is 56.9 cm³/mol. The van der Waals surface area contributed by atoms with Gasteiger partial charge >= 0.3 is 6.18 Å². The molecule has 0 aromatic heterocycles. The van der Waals surface area contributed by atoms with Crippen molar-refractivity contribution in [2.45, 2.75) is 23.9 Å². The molecule has 0 saturated heterocycles. The molecule has 0 saturated carbocycles. The van der Waals surface area contributed by atoms with Crippen molar-refractivity contribution in [2.75, 3.05) is 5.75 Å². The van der Waals surface area contributed by atoms with Gasteiger partial charge in [0.2, 0.25) is 0 Å². The van der Waals surface area contributed by atoms with E-state index in [2.05, 4.69) is 0 Å². The molecule has 98 valence electrons. The van der Waals surface area contributed by atoms with Gasteiger partial charge in [0, 0.05) is 0 Å². The smallest absolute Gasteiger partial charge is 0.299 e. The van der Waals surface area contributed by atoms with Gasteiger partial charge in [-0.2, -0.15) is 13.2 Å². The molecule has 1 aliphatic rings. The van der Waals surface area contributed by atoms with Crippen LogP contribution in [0.15, 0.2) is 23.1 Å². The van der Waals surface area contributed by atoms with Gasteiger partial charge in [0.15, 0.2) is 9.84 Å². The zero-order valence-electron chi connectivity index (χ0n) is 9.28. The molecule has 1 heterocycles. The van der Waals surface area contributed by atoms with E-state index < -0.39 is 44.6 Å². The van der Waals surface area contributed by atoms with Crippen molar-refractivity contribution >= 4 is 15.6 Å². The average Bonchev–Trinajstić information content (AvgIpc) is 2.50. The minimum Gasteiger partial charge on any atom is -0.299 e. The zero-order valence-corrected chi connectivity index (χ0v) is 10.1. The third-order valence-corrected chi connectivity index (χ3v) is 4.73. The summed E-state index contributed by atoms with van der Waals surface area (Å²) in [4.78, 5) is 11.0. The molecule has 18 heavy (non-hydrogen) atoms. The Labute approximate surface area is 102 Å². The Bertz CT molecular complexity index is 617. The highest BCUT2D eigenvalue weighted by Gasteiger charge is 2.44. The number of alkyl halides is 3. The second kappa shape index (κ2) is 3.81. The summed E-state index contributed by atoms with van der Waals surface area (Å²) in [5.41, 5.74) is -1.45. The topological polar surface area (TPSA) is 51.2 Å². The molecule has 0 fully saturated rings. The second-order valence-corrected chi connectivity index (χ2v) is 6.16. The minimum atomic E-state index is -4.67. The maximum Gasteiger partial charge on any atom is 0.416 e. The maximum atomic E-state index is 12.8. The number of benzene rings is 1. The Hall–Kier alpha value is -1.37. The number of ketones is 1. The van der Waals surface area contributed by atoms with Crippen LogP contribution < -0.4 is 0 Å². The molecular weight excluding hydrogens is 269 g/mol. The Morgan fingerprint density at radius 2 is 1.94 bits per heavy atom. The number of halogens is 3. The van der Waals surface area contributed by atoms with Crippen LogP contribution in [0.2, 0.25) is 0 Å². The first-order valence-corrected chi connectivity index (χ1v) is 6.73. The molecule has 3 nitrogen and oxygen atoms in total. The van der Waals surface area contributed by atoms with Gasteiger partial charge in [-0.05, 0) is 24.6 Å². The van der Waals surface area contributed by atoms with Crippen LogP contribution in [0.3, 0.4) is 0 Å². The summed E-state index contributed by atoms with van der Waals surface area (Å²) < 4.78 is 61.9. The minimum absolute atomic E-state index is 0.377. The lowest BCUT2D eigenvalue weighted by Gasteiger charge is -2.14. The van der Waals surface area contributed by atoms with Gasteiger partial charge in [0.1, 0.15) is 5.78 Å². The van der Waals surface area contributed by atoms with E-state index in [0.29, 0.717) is 0 Å². The second-order valence-electron chi connectivity index (χ2n) is 4.16. The number of sulfone groups is 1. The van der Waals surface area contributed by atoms with Gasteiger partial charge < -0.3 is 0 Å². The quantitative estimate of drug-likeness (QED) is 0.791. The van der Waals surface area contributed by atoms with Crippen LogP contribution in [-0.2, 0) is 20.8 Å². The molecule has 0 spiro atoms. The fraction of sp³-hybridized carbons (Fsp3) is 0.364. The van der Waals surface area contributed by atoms with Crippen LogP contribution in [0.4, 0.5) is 13.2 Å². The number of hydrogen-bond acceptors (Lipinski definition) is 3. The van der Waals surface area contributed by atoms with Crippen molar-refractivity contribution in [3.63, 3.8) is 0 Å². The summed E-state index contributed by atoms with van der Waals surface area (Å²) in [6, 6.07) is 2.96. The largest absolute Gasteiger partial charge is 0.416 e. The highest BCUT2D eigenvalue weighted by atomic mass is 32.2. The van der Waals surface area contributed by atoms with Crippen molar-refractivity contribution in [2.24, 2.45) is 0 Å². The lowest BCUT2D eigenvalue weighted by Crippen LogP contribution is -2.16. The fourth-order valence-corrected chi connectivity index (χ4v) is 4.03. The number of fused-ring (bicyclic) bond motifs is 1. The SMILES string of the molecule is CC(=O)C1CS(=O)(=O)c2cccc(C(F)(F)F)c21. The van der Waals surface area contributed by atoms with Crippen LogP contribution in [0, 0.1) is 0 Å². The first kappa shape index (κ1) is 13.1. The molecular formula is C11H9F3O3S. The normalized spacial score (nSPS) is 21.7. The number of carbonyl (C=O) groups is 1. The van der Waals surface area contributed by atoms with Crippen LogP contribution in [-0.4, -0.2) is 20.0 Å².